The highest BCUT2D eigenvalue weighted by Crippen LogP contribution is 2.29. The van der Waals surface area contributed by atoms with Gasteiger partial charge in [0.1, 0.15) is 0 Å². The van der Waals surface area contributed by atoms with Gasteiger partial charge in [-0.1, -0.05) is 52.3 Å². The van der Waals surface area contributed by atoms with Gasteiger partial charge in [-0.15, -0.1) is 0 Å². The first-order chi connectivity index (χ1) is 10.3. The lowest BCUT2D eigenvalue weighted by molar-refractivity contribution is -0.136. The van der Waals surface area contributed by atoms with E-state index >= 15 is 0 Å². The summed E-state index contributed by atoms with van der Waals surface area (Å²) in [6.45, 7) is 8.15. The highest BCUT2D eigenvalue weighted by Gasteiger charge is 2.21. The lowest BCUT2D eigenvalue weighted by atomic mass is 9.86. The fourth-order valence-corrected chi connectivity index (χ4v) is 2.15. The molecule has 0 fully saturated rings. The quantitative estimate of drug-likeness (QED) is 0.730. The van der Waals surface area contributed by atoms with Crippen LogP contribution < -0.4 is 10.6 Å². The van der Waals surface area contributed by atoms with Crippen LogP contribution in [0.5, 0.6) is 0 Å². The van der Waals surface area contributed by atoms with Crippen molar-refractivity contribution in [2.24, 2.45) is 0 Å². The molecule has 1 rings (SSSR count). The molecule has 0 radical (unpaired) electrons. The van der Waals surface area contributed by atoms with E-state index in [0.29, 0.717) is 12.1 Å². The predicted octanol–water partition coefficient (Wildman–Crippen LogP) is 2.20. The molecule has 5 nitrogen and oxygen atoms in total. The first-order valence-corrected chi connectivity index (χ1v) is 7.62. The maximum Gasteiger partial charge on any atom is 0.313 e. The summed E-state index contributed by atoms with van der Waals surface area (Å²) in [5, 5.41) is 14.7. The molecule has 122 valence electrons. The molecule has 1 aromatic carbocycles. The highest BCUT2D eigenvalue weighted by molar-refractivity contribution is 6.39. The van der Waals surface area contributed by atoms with Gasteiger partial charge < -0.3 is 15.7 Å². The molecule has 0 aliphatic carbocycles. The van der Waals surface area contributed by atoms with Crippen molar-refractivity contribution in [3.05, 3.63) is 29.8 Å². The molecule has 1 atom stereocenters. The first-order valence-electron chi connectivity index (χ1n) is 7.62. The Morgan fingerprint density at radius 1 is 1.18 bits per heavy atom. The van der Waals surface area contributed by atoms with Crippen LogP contribution in [0.2, 0.25) is 0 Å². The SMILES string of the molecule is CCCC(O)CNC(=O)C(=O)Nc1ccccc1C(C)(C)C. The molecule has 1 unspecified atom stereocenters. The van der Waals surface area contributed by atoms with Crippen molar-refractivity contribution in [3.63, 3.8) is 0 Å². The number of hydrogen-bond donors (Lipinski definition) is 3. The summed E-state index contributed by atoms with van der Waals surface area (Å²) in [4.78, 5) is 23.7. The van der Waals surface area contributed by atoms with Gasteiger partial charge in [-0.2, -0.15) is 0 Å². The standard InChI is InChI=1S/C17H26N2O3/c1-5-8-12(20)11-18-15(21)16(22)19-14-10-7-6-9-13(14)17(2,3)4/h6-7,9-10,12,20H,5,8,11H2,1-4H3,(H,18,21)(H,19,22). The van der Waals surface area contributed by atoms with Crippen LogP contribution in [-0.2, 0) is 15.0 Å². The van der Waals surface area contributed by atoms with Crippen molar-refractivity contribution in [1.29, 1.82) is 0 Å². The second-order valence-electron chi connectivity index (χ2n) is 6.40. The molecule has 2 amide bonds. The third-order valence-electron chi connectivity index (χ3n) is 3.31. The van der Waals surface area contributed by atoms with Gasteiger partial charge in [0.05, 0.1) is 6.10 Å². The summed E-state index contributed by atoms with van der Waals surface area (Å²) >= 11 is 0. The summed E-state index contributed by atoms with van der Waals surface area (Å²) in [5.74, 6) is -1.46. The third-order valence-corrected chi connectivity index (χ3v) is 3.31. The molecule has 3 N–H and O–H groups in total. The number of hydrogen-bond acceptors (Lipinski definition) is 3. The second-order valence-corrected chi connectivity index (χ2v) is 6.40. The van der Waals surface area contributed by atoms with E-state index in [2.05, 4.69) is 10.6 Å². The summed E-state index contributed by atoms with van der Waals surface area (Å²) in [6, 6.07) is 7.42. The Hall–Kier alpha value is -1.88. The normalized spacial score (nSPS) is 12.6. The Morgan fingerprint density at radius 2 is 1.82 bits per heavy atom. The number of amides is 2. The minimum Gasteiger partial charge on any atom is -0.391 e. The molecule has 0 aliphatic heterocycles. The number of carbonyl (C=O) groups excluding carboxylic acids is 2. The Kier molecular flexibility index (Phi) is 6.56. The van der Waals surface area contributed by atoms with Crippen LogP contribution in [0.4, 0.5) is 5.69 Å². The maximum absolute atomic E-state index is 12.0. The van der Waals surface area contributed by atoms with Gasteiger partial charge in [-0.3, -0.25) is 9.59 Å². The van der Waals surface area contributed by atoms with E-state index in [1.807, 2.05) is 45.9 Å². The van der Waals surface area contributed by atoms with Gasteiger partial charge in [-0.25, -0.2) is 0 Å². The van der Waals surface area contributed by atoms with Gasteiger partial charge in [0.2, 0.25) is 0 Å². The van der Waals surface area contributed by atoms with E-state index in [9.17, 15) is 14.7 Å². The zero-order valence-corrected chi connectivity index (χ0v) is 13.8. The van der Waals surface area contributed by atoms with Crippen molar-refractivity contribution in [1.82, 2.24) is 5.32 Å². The Labute approximate surface area is 132 Å². The van der Waals surface area contributed by atoms with E-state index in [4.69, 9.17) is 0 Å². The lowest BCUT2D eigenvalue weighted by Crippen LogP contribution is -2.39. The number of para-hydroxylation sites is 1. The van der Waals surface area contributed by atoms with Crippen LogP contribution in [0.15, 0.2) is 24.3 Å². The molecule has 0 aromatic heterocycles. The van der Waals surface area contributed by atoms with Crippen molar-refractivity contribution < 1.29 is 14.7 Å². The minimum atomic E-state index is -0.737. The summed E-state index contributed by atoms with van der Waals surface area (Å²) in [7, 11) is 0. The maximum atomic E-state index is 12.0. The molecular formula is C17H26N2O3. The number of nitrogens with one attached hydrogen (secondary N) is 2. The molecule has 5 heteroatoms. The molecule has 0 heterocycles. The monoisotopic (exact) mass is 306 g/mol. The number of aliphatic hydroxyl groups excluding tert-OH is 1. The van der Waals surface area contributed by atoms with Crippen LogP contribution in [0, 0.1) is 0 Å². The topological polar surface area (TPSA) is 78.4 Å². The lowest BCUT2D eigenvalue weighted by Gasteiger charge is -2.22. The number of carbonyl (C=O) groups is 2. The molecule has 0 spiro atoms. The van der Waals surface area contributed by atoms with Gasteiger partial charge in [-0.05, 0) is 23.5 Å². The van der Waals surface area contributed by atoms with Crippen molar-refractivity contribution in [3.8, 4) is 0 Å². The predicted molar refractivity (Wildman–Crippen MR) is 87.7 cm³/mol. The van der Waals surface area contributed by atoms with E-state index in [0.717, 1.165) is 12.0 Å². The first kappa shape index (κ1) is 18.2. The second kappa shape index (κ2) is 7.94. The molecule has 0 aliphatic rings. The zero-order valence-electron chi connectivity index (χ0n) is 13.8. The molecule has 0 saturated carbocycles. The van der Waals surface area contributed by atoms with E-state index < -0.39 is 17.9 Å². The van der Waals surface area contributed by atoms with Gasteiger partial charge >= 0.3 is 11.8 Å². The average molecular weight is 306 g/mol. The fraction of sp³-hybridized carbons (Fsp3) is 0.529. The fourth-order valence-electron chi connectivity index (χ4n) is 2.15. The summed E-state index contributed by atoms with van der Waals surface area (Å²) < 4.78 is 0. The van der Waals surface area contributed by atoms with Gasteiger partial charge in [0.25, 0.3) is 0 Å². The van der Waals surface area contributed by atoms with Crippen LogP contribution in [0.25, 0.3) is 0 Å². The number of rotatable bonds is 5. The van der Waals surface area contributed by atoms with Crippen LogP contribution in [0.3, 0.4) is 0 Å². The Morgan fingerprint density at radius 3 is 2.41 bits per heavy atom. The Balaban J connectivity index is 2.67. The van der Waals surface area contributed by atoms with E-state index in [1.54, 1.807) is 6.07 Å². The summed E-state index contributed by atoms with van der Waals surface area (Å²) in [6.07, 6.45) is 0.792. The number of anilines is 1. The largest absolute Gasteiger partial charge is 0.391 e. The van der Waals surface area contributed by atoms with Gasteiger partial charge in [0, 0.05) is 12.2 Å². The van der Waals surface area contributed by atoms with E-state index in [1.165, 1.54) is 0 Å². The molecular weight excluding hydrogens is 280 g/mol. The van der Waals surface area contributed by atoms with Crippen molar-refractivity contribution in [2.45, 2.75) is 52.1 Å². The van der Waals surface area contributed by atoms with E-state index in [-0.39, 0.29) is 12.0 Å². The molecule has 1 aromatic rings. The average Bonchev–Trinajstić information content (AvgIpc) is 2.44. The van der Waals surface area contributed by atoms with Crippen LogP contribution >= 0.6 is 0 Å². The van der Waals surface area contributed by atoms with Crippen molar-refractivity contribution in [2.75, 3.05) is 11.9 Å². The number of aliphatic hydroxyl groups is 1. The molecule has 0 bridgehead atoms. The Bertz CT molecular complexity index is 521. The highest BCUT2D eigenvalue weighted by atomic mass is 16.3. The zero-order chi connectivity index (χ0) is 16.8. The van der Waals surface area contributed by atoms with Crippen molar-refractivity contribution >= 4 is 17.5 Å². The molecule has 0 saturated heterocycles. The van der Waals surface area contributed by atoms with Gasteiger partial charge in [0.15, 0.2) is 0 Å². The molecule has 22 heavy (non-hydrogen) atoms. The minimum absolute atomic E-state index is 0.0843. The smallest absolute Gasteiger partial charge is 0.313 e. The van der Waals surface area contributed by atoms with Crippen LogP contribution in [-0.4, -0.2) is 29.6 Å². The summed E-state index contributed by atoms with van der Waals surface area (Å²) in [5.41, 5.74) is 1.45. The third kappa shape index (κ3) is 5.48. The van der Waals surface area contributed by atoms with Crippen LogP contribution in [0.1, 0.15) is 46.1 Å². The number of benzene rings is 1.